The largest absolute Gasteiger partial charge is 0.465 e. The summed E-state index contributed by atoms with van der Waals surface area (Å²) in [4.78, 5) is 29.0. The minimum Gasteiger partial charge on any atom is -0.465 e. The van der Waals surface area contributed by atoms with E-state index in [9.17, 15) is 9.59 Å². The molecule has 164 valence electrons. The Balaban J connectivity index is 1.60. The van der Waals surface area contributed by atoms with Crippen LogP contribution in [-0.4, -0.2) is 37.1 Å². The smallest absolute Gasteiger partial charge is 0.337 e. The topological polar surface area (TPSA) is 49.9 Å². The van der Waals surface area contributed by atoms with E-state index in [-0.39, 0.29) is 12.0 Å². The molecule has 32 heavy (non-hydrogen) atoms. The molecule has 1 aliphatic heterocycles. The lowest BCUT2D eigenvalue weighted by Crippen LogP contribution is -2.45. The van der Waals surface area contributed by atoms with Gasteiger partial charge in [0.1, 0.15) is 0 Å². The third-order valence-corrected chi connectivity index (χ3v) is 5.86. The van der Waals surface area contributed by atoms with E-state index in [0.29, 0.717) is 12.1 Å². The minimum atomic E-state index is -0.366. The standard InChI is InChI=1S/C27H28N2O3/c1-32-26(30)24-12-10-21(11-13-24)20-29(27(31)28-18-6-3-7-19-28)25-16-14-23(15-17-25)22-8-4-2-5-9-22/h2,4-5,8-17H,3,6-7,18-20H2,1H3. The number of ether oxygens (including phenoxy) is 1. The predicted molar refractivity (Wildman–Crippen MR) is 127 cm³/mol. The quantitative estimate of drug-likeness (QED) is 0.486. The van der Waals surface area contributed by atoms with Crippen LogP contribution in [-0.2, 0) is 11.3 Å². The van der Waals surface area contributed by atoms with Gasteiger partial charge in [0.25, 0.3) is 0 Å². The van der Waals surface area contributed by atoms with Crippen molar-refractivity contribution in [3.8, 4) is 11.1 Å². The first-order valence-corrected chi connectivity index (χ1v) is 11.0. The molecule has 5 nitrogen and oxygen atoms in total. The molecule has 1 saturated heterocycles. The lowest BCUT2D eigenvalue weighted by Gasteiger charge is -2.33. The van der Waals surface area contributed by atoms with Gasteiger partial charge in [-0.25, -0.2) is 9.59 Å². The van der Waals surface area contributed by atoms with E-state index in [1.54, 1.807) is 12.1 Å². The predicted octanol–water partition coefficient (Wildman–Crippen LogP) is 5.75. The maximum absolute atomic E-state index is 13.5. The van der Waals surface area contributed by atoms with Gasteiger partial charge in [-0.05, 0) is 60.2 Å². The molecule has 0 N–H and O–H groups in total. The second kappa shape index (κ2) is 10.1. The number of piperidine rings is 1. The SMILES string of the molecule is COC(=O)c1ccc(CN(C(=O)N2CCCCC2)c2ccc(-c3ccccc3)cc2)cc1. The molecule has 0 unspecified atom stereocenters. The molecule has 3 aromatic carbocycles. The molecule has 0 spiro atoms. The summed E-state index contributed by atoms with van der Waals surface area (Å²) in [7, 11) is 1.37. The van der Waals surface area contributed by atoms with Gasteiger partial charge >= 0.3 is 12.0 Å². The van der Waals surface area contributed by atoms with Gasteiger partial charge < -0.3 is 9.64 Å². The van der Waals surface area contributed by atoms with Crippen molar-refractivity contribution in [1.29, 1.82) is 0 Å². The number of likely N-dealkylation sites (tertiary alicyclic amines) is 1. The maximum Gasteiger partial charge on any atom is 0.337 e. The molecule has 0 aromatic heterocycles. The van der Waals surface area contributed by atoms with Gasteiger partial charge in [-0.3, -0.25) is 4.90 Å². The summed E-state index contributed by atoms with van der Waals surface area (Å²) in [5.41, 5.74) is 4.57. The van der Waals surface area contributed by atoms with E-state index in [2.05, 4.69) is 24.3 Å². The second-order valence-corrected chi connectivity index (χ2v) is 8.02. The first-order valence-electron chi connectivity index (χ1n) is 11.0. The zero-order valence-electron chi connectivity index (χ0n) is 18.4. The Morgan fingerprint density at radius 3 is 2.06 bits per heavy atom. The van der Waals surface area contributed by atoms with Crippen LogP contribution in [0.5, 0.6) is 0 Å². The molecule has 3 aromatic rings. The summed E-state index contributed by atoms with van der Waals surface area (Å²) in [5.74, 6) is -0.366. The van der Waals surface area contributed by atoms with E-state index < -0.39 is 0 Å². The van der Waals surface area contributed by atoms with Crippen LogP contribution >= 0.6 is 0 Å². The van der Waals surface area contributed by atoms with E-state index in [1.807, 2.05) is 52.3 Å². The zero-order chi connectivity index (χ0) is 22.3. The number of amides is 2. The molecule has 1 aliphatic rings. The van der Waals surface area contributed by atoms with E-state index >= 15 is 0 Å². The Labute approximate surface area is 189 Å². The fourth-order valence-corrected chi connectivity index (χ4v) is 4.04. The van der Waals surface area contributed by atoms with Gasteiger partial charge in [0, 0.05) is 18.8 Å². The van der Waals surface area contributed by atoms with Crippen LogP contribution in [0, 0.1) is 0 Å². The normalized spacial score (nSPS) is 13.5. The fraction of sp³-hybridized carbons (Fsp3) is 0.259. The molecule has 0 radical (unpaired) electrons. The second-order valence-electron chi connectivity index (χ2n) is 8.02. The Morgan fingerprint density at radius 1 is 0.812 bits per heavy atom. The number of esters is 1. The number of carbonyl (C=O) groups is 2. The third-order valence-electron chi connectivity index (χ3n) is 5.86. The summed E-state index contributed by atoms with van der Waals surface area (Å²) in [6, 6.07) is 25.6. The summed E-state index contributed by atoms with van der Waals surface area (Å²) in [5, 5.41) is 0. The minimum absolute atomic E-state index is 0.0224. The van der Waals surface area contributed by atoms with Gasteiger partial charge in [0.05, 0.1) is 19.2 Å². The van der Waals surface area contributed by atoms with Crippen molar-refractivity contribution in [1.82, 2.24) is 4.90 Å². The number of urea groups is 1. The third kappa shape index (κ3) is 4.99. The molecule has 0 aliphatic carbocycles. The molecular weight excluding hydrogens is 400 g/mol. The first kappa shape index (κ1) is 21.6. The molecule has 1 fully saturated rings. The highest BCUT2D eigenvalue weighted by atomic mass is 16.5. The van der Waals surface area contributed by atoms with Crippen molar-refractivity contribution in [3.05, 3.63) is 90.0 Å². The fourth-order valence-electron chi connectivity index (χ4n) is 4.04. The van der Waals surface area contributed by atoms with Crippen LogP contribution in [0.15, 0.2) is 78.9 Å². The molecule has 1 heterocycles. The van der Waals surface area contributed by atoms with Crippen LogP contribution in [0.4, 0.5) is 10.5 Å². The van der Waals surface area contributed by atoms with Crippen molar-refractivity contribution < 1.29 is 14.3 Å². The molecule has 2 amide bonds. The Bertz CT molecular complexity index is 1040. The van der Waals surface area contributed by atoms with Gasteiger partial charge in [0.2, 0.25) is 0 Å². The highest BCUT2D eigenvalue weighted by Crippen LogP contribution is 2.26. The Hall–Kier alpha value is -3.60. The molecule has 5 heteroatoms. The van der Waals surface area contributed by atoms with E-state index in [1.165, 1.54) is 13.5 Å². The zero-order valence-corrected chi connectivity index (χ0v) is 18.4. The highest BCUT2D eigenvalue weighted by Gasteiger charge is 2.24. The van der Waals surface area contributed by atoms with Crippen molar-refractivity contribution in [2.45, 2.75) is 25.8 Å². The molecular formula is C27H28N2O3. The molecule has 4 rings (SSSR count). The van der Waals surface area contributed by atoms with Crippen LogP contribution < -0.4 is 4.90 Å². The van der Waals surface area contributed by atoms with Crippen LogP contribution in [0.25, 0.3) is 11.1 Å². The van der Waals surface area contributed by atoms with Crippen LogP contribution in [0.3, 0.4) is 0 Å². The van der Waals surface area contributed by atoms with Gasteiger partial charge in [-0.1, -0.05) is 54.6 Å². The van der Waals surface area contributed by atoms with E-state index in [4.69, 9.17) is 4.74 Å². The lowest BCUT2D eigenvalue weighted by atomic mass is 10.0. The molecule has 0 bridgehead atoms. The number of carbonyl (C=O) groups excluding carboxylic acids is 2. The number of rotatable bonds is 5. The van der Waals surface area contributed by atoms with Gasteiger partial charge in [-0.15, -0.1) is 0 Å². The van der Waals surface area contributed by atoms with Crippen molar-refractivity contribution in [2.24, 2.45) is 0 Å². The van der Waals surface area contributed by atoms with Crippen molar-refractivity contribution >= 4 is 17.7 Å². The lowest BCUT2D eigenvalue weighted by molar-refractivity contribution is 0.0600. The molecule has 0 atom stereocenters. The van der Waals surface area contributed by atoms with Crippen molar-refractivity contribution in [3.63, 3.8) is 0 Å². The summed E-state index contributed by atoms with van der Waals surface area (Å²) >= 11 is 0. The monoisotopic (exact) mass is 428 g/mol. The van der Waals surface area contributed by atoms with Crippen LogP contribution in [0.1, 0.15) is 35.2 Å². The number of methoxy groups -OCH3 is 1. The Morgan fingerprint density at radius 2 is 1.44 bits per heavy atom. The Kier molecular flexibility index (Phi) is 6.85. The van der Waals surface area contributed by atoms with Gasteiger partial charge in [0.15, 0.2) is 0 Å². The summed E-state index contributed by atoms with van der Waals surface area (Å²) in [6.07, 6.45) is 3.26. The summed E-state index contributed by atoms with van der Waals surface area (Å²) < 4.78 is 4.78. The van der Waals surface area contributed by atoms with E-state index in [0.717, 1.165) is 48.3 Å². The average Bonchev–Trinajstić information content (AvgIpc) is 2.88. The number of hydrogen-bond acceptors (Lipinski definition) is 3. The number of hydrogen-bond donors (Lipinski definition) is 0. The van der Waals surface area contributed by atoms with Gasteiger partial charge in [-0.2, -0.15) is 0 Å². The summed E-state index contributed by atoms with van der Waals surface area (Å²) in [6.45, 7) is 2.01. The number of anilines is 1. The number of nitrogens with zero attached hydrogens (tertiary/aromatic N) is 2. The maximum atomic E-state index is 13.5. The van der Waals surface area contributed by atoms with Crippen molar-refractivity contribution in [2.75, 3.05) is 25.1 Å². The highest BCUT2D eigenvalue weighted by molar-refractivity contribution is 5.92. The van der Waals surface area contributed by atoms with Crippen LogP contribution in [0.2, 0.25) is 0 Å². The average molecular weight is 429 g/mol. The first-order chi connectivity index (χ1) is 15.7. The number of benzene rings is 3. The molecule has 0 saturated carbocycles.